The number of nitrogens with zero attached hydrogens (tertiary/aromatic N) is 2. The van der Waals surface area contributed by atoms with E-state index in [1.54, 1.807) is 0 Å². The predicted octanol–water partition coefficient (Wildman–Crippen LogP) is 3.26. The van der Waals surface area contributed by atoms with E-state index < -0.39 is 5.97 Å². The van der Waals surface area contributed by atoms with Crippen LogP contribution < -0.4 is 0 Å². The lowest BCUT2D eigenvalue weighted by Gasteiger charge is -2.21. The number of hydrogen-bond acceptors (Lipinski definition) is 3. The van der Waals surface area contributed by atoms with Gasteiger partial charge in [-0.15, -0.1) is 0 Å². The number of aryl methyl sites for hydroxylation is 1. The highest BCUT2D eigenvalue weighted by molar-refractivity contribution is 6.05. The molecule has 1 aromatic heterocycles. The molecular weight excluding hydrogens is 304 g/mol. The minimum absolute atomic E-state index is 0.00493. The van der Waals surface area contributed by atoms with Crippen LogP contribution >= 0.6 is 0 Å². The van der Waals surface area contributed by atoms with Crippen molar-refractivity contribution in [2.24, 2.45) is 5.92 Å². The van der Waals surface area contributed by atoms with Gasteiger partial charge in [0.05, 0.1) is 11.1 Å². The van der Waals surface area contributed by atoms with E-state index in [-0.39, 0.29) is 18.2 Å². The number of aromatic nitrogens is 1. The summed E-state index contributed by atoms with van der Waals surface area (Å²) in [6.45, 7) is 3.21. The Bertz CT molecular complexity index is 772. The minimum atomic E-state index is -0.756. The van der Waals surface area contributed by atoms with Gasteiger partial charge in [0.25, 0.3) is 5.91 Å². The molecule has 1 aliphatic rings. The zero-order valence-electron chi connectivity index (χ0n) is 13.9. The van der Waals surface area contributed by atoms with Crippen molar-refractivity contribution in [2.75, 3.05) is 13.1 Å². The molecule has 3 rings (SSSR count). The average molecular weight is 326 g/mol. The van der Waals surface area contributed by atoms with Gasteiger partial charge in [0.1, 0.15) is 0 Å². The first kappa shape index (κ1) is 16.4. The molecule has 1 fully saturated rings. The van der Waals surface area contributed by atoms with E-state index in [1.165, 1.54) is 0 Å². The molecule has 0 unspecified atom stereocenters. The minimum Gasteiger partial charge on any atom is -0.481 e. The van der Waals surface area contributed by atoms with Crippen molar-refractivity contribution >= 4 is 22.8 Å². The summed E-state index contributed by atoms with van der Waals surface area (Å²) in [5, 5.41) is 9.93. The highest BCUT2D eigenvalue weighted by Gasteiger charge is 2.24. The fourth-order valence-electron chi connectivity index (χ4n) is 3.41. The molecule has 5 heteroatoms. The monoisotopic (exact) mass is 326 g/mol. The topological polar surface area (TPSA) is 70.5 Å². The second-order valence-electron chi connectivity index (χ2n) is 6.52. The van der Waals surface area contributed by atoms with Crippen LogP contribution in [0.15, 0.2) is 30.3 Å². The number of carboxylic acids is 1. The Morgan fingerprint density at radius 2 is 2.04 bits per heavy atom. The Balaban J connectivity index is 1.82. The molecule has 1 saturated heterocycles. The van der Waals surface area contributed by atoms with Gasteiger partial charge in [0.15, 0.2) is 0 Å². The fraction of sp³-hybridized carbons (Fsp3) is 0.421. The summed E-state index contributed by atoms with van der Waals surface area (Å²) in [6.07, 6.45) is 2.65. The van der Waals surface area contributed by atoms with Gasteiger partial charge in [0, 0.05) is 30.6 Å². The second kappa shape index (κ2) is 6.99. The first-order valence-corrected chi connectivity index (χ1v) is 8.42. The molecular formula is C19H22N2O3. The summed E-state index contributed by atoms with van der Waals surface area (Å²) >= 11 is 0. The fourth-order valence-corrected chi connectivity index (χ4v) is 3.41. The third-order valence-corrected chi connectivity index (χ3v) is 4.69. The molecule has 0 spiro atoms. The van der Waals surface area contributed by atoms with E-state index in [0.717, 1.165) is 35.9 Å². The lowest BCUT2D eigenvalue weighted by Crippen LogP contribution is -2.32. The molecule has 24 heavy (non-hydrogen) atoms. The maximum Gasteiger partial charge on any atom is 0.303 e. The van der Waals surface area contributed by atoms with Crippen LogP contribution in [0.1, 0.15) is 41.7 Å². The number of carboxylic acid groups (broad SMARTS) is 1. The first-order chi connectivity index (χ1) is 11.5. The zero-order valence-corrected chi connectivity index (χ0v) is 13.9. The number of para-hydroxylation sites is 1. The molecule has 1 atom stereocenters. The Kier molecular flexibility index (Phi) is 4.79. The number of carbonyl (C=O) groups excluding carboxylic acids is 1. The summed E-state index contributed by atoms with van der Waals surface area (Å²) in [7, 11) is 0. The van der Waals surface area contributed by atoms with Gasteiger partial charge in [-0.25, -0.2) is 0 Å². The van der Waals surface area contributed by atoms with Gasteiger partial charge in [-0.05, 0) is 44.2 Å². The number of aliphatic carboxylic acids is 1. The molecule has 1 aromatic carbocycles. The smallest absolute Gasteiger partial charge is 0.303 e. The molecule has 126 valence electrons. The Morgan fingerprint density at radius 3 is 2.83 bits per heavy atom. The number of likely N-dealkylation sites (tertiary alicyclic amines) is 1. The third-order valence-electron chi connectivity index (χ3n) is 4.69. The first-order valence-electron chi connectivity index (χ1n) is 8.42. The van der Waals surface area contributed by atoms with Crippen LogP contribution in [0.4, 0.5) is 0 Å². The number of fused-ring (bicyclic) bond motifs is 1. The van der Waals surface area contributed by atoms with Gasteiger partial charge in [-0.2, -0.15) is 0 Å². The molecule has 5 nitrogen and oxygen atoms in total. The van der Waals surface area contributed by atoms with Crippen LogP contribution in [0, 0.1) is 12.8 Å². The van der Waals surface area contributed by atoms with E-state index in [4.69, 9.17) is 5.11 Å². The quantitative estimate of drug-likeness (QED) is 0.940. The van der Waals surface area contributed by atoms with Gasteiger partial charge in [-0.1, -0.05) is 18.2 Å². The van der Waals surface area contributed by atoms with Crippen molar-refractivity contribution in [1.82, 2.24) is 9.88 Å². The normalized spacial score (nSPS) is 18.4. The summed E-state index contributed by atoms with van der Waals surface area (Å²) in [5.74, 6) is -0.601. The van der Waals surface area contributed by atoms with E-state index in [0.29, 0.717) is 18.7 Å². The largest absolute Gasteiger partial charge is 0.481 e. The maximum atomic E-state index is 13.0. The van der Waals surface area contributed by atoms with Crippen molar-refractivity contribution in [3.05, 3.63) is 41.6 Å². The Labute approximate surface area is 141 Å². The van der Waals surface area contributed by atoms with Gasteiger partial charge in [0.2, 0.25) is 0 Å². The lowest BCUT2D eigenvalue weighted by molar-refractivity contribution is -0.138. The molecule has 2 aromatic rings. The summed E-state index contributed by atoms with van der Waals surface area (Å²) in [4.78, 5) is 30.3. The van der Waals surface area contributed by atoms with Gasteiger partial charge in [-0.3, -0.25) is 14.6 Å². The summed E-state index contributed by atoms with van der Waals surface area (Å²) in [6, 6.07) is 9.61. The van der Waals surface area contributed by atoms with E-state index in [2.05, 4.69) is 4.98 Å². The maximum absolute atomic E-state index is 13.0. The highest BCUT2D eigenvalue weighted by atomic mass is 16.4. The SMILES string of the molecule is Cc1ccc2cccc(C(=O)N3CCC[C@@H](CC(=O)O)CC3)c2n1. The summed E-state index contributed by atoms with van der Waals surface area (Å²) < 4.78 is 0. The van der Waals surface area contributed by atoms with Crippen LogP contribution in [0.2, 0.25) is 0 Å². The van der Waals surface area contributed by atoms with Gasteiger partial charge >= 0.3 is 5.97 Å². The van der Waals surface area contributed by atoms with Crippen molar-refractivity contribution in [3.63, 3.8) is 0 Å². The van der Waals surface area contributed by atoms with Crippen LogP contribution in [0.3, 0.4) is 0 Å². The molecule has 0 aliphatic carbocycles. The molecule has 2 heterocycles. The van der Waals surface area contributed by atoms with Crippen molar-refractivity contribution in [2.45, 2.75) is 32.6 Å². The molecule has 1 aliphatic heterocycles. The van der Waals surface area contributed by atoms with Crippen LogP contribution in [-0.2, 0) is 4.79 Å². The van der Waals surface area contributed by atoms with E-state index >= 15 is 0 Å². The molecule has 0 saturated carbocycles. The van der Waals surface area contributed by atoms with Crippen LogP contribution in [0.25, 0.3) is 10.9 Å². The van der Waals surface area contributed by atoms with Crippen LogP contribution in [0.5, 0.6) is 0 Å². The van der Waals surface area contributed by atoms with Crippen molar-refractivity contribution < 1.29 is 14.7 Å². The summed E-state index contributed by atoms with van der Waals surface area (Å²) in [5.41, 5.74) is 2.27. The average Bonchev–Trinajstić information content (AvgIpc) is 2.78. The number of carbonyl (C=O) groups is 2. The van der Waals surface area contributed by atoms with E-state index in [9.17, 15) is 9.59 Å². The zero-order chi connectivity index (χ0) is 17.1. The molecule has 0 bridgehead atoms. The van der Waals surface area contributed by atoms with Crippen LogP contribution in [-0.4, -0.2) is 40.0 Å². The molecule has 1 amide bonds. The van der Waals surface area contributed by atoms with Crippen molar-refractivity contribution in [3.8, 4) is 0 Å². The van der Waals surface area contributed by atoms with Crippen molar-refractivity contribution in [1.29, 1.82) is 0 Å². The molecule has 1 N–H and O–H groups in total. The number of pyridine rings is 1. The number of hydrogen-bond donors (Lipinski definition) is 1. The lowest BCUT2D eigenvalue weighted by atomic mass is 9.97. The Morgan fingerprint density at radius 1 is 1.21 bits per heavy atom. The number of amides is 1. The predicted molar refractivity (Wildman–Crippen MR) is 92.0 cm³/mol. The van der Waals surface area contributed by atoms with Gasteiger partial charge < -0.3 is 10.0 Å². The highest BCUT2D eigenvalue weighted by Crippen LogP contribution is 2.24. The third kappa shape index (κ3) is 3.55. The molecule has 0 radical (unpaired) electrons. The second-order valence-corrected chi connectivity index (χ2v) is 6.52. The van der Waals surface area contributed by atoms with E-state index in [1.807, 2.05) is 42.2 Å². The number of rotatable bonds is 3. The standard InChI is InChI=1S/C19H22N2O3/c1-13-7-8-15-5-2-6-16(18(15)20-13)19(24)21-10-3-4-14(9-11-21)12-17(22)23/h2,5-8,14H,3-4,9-12H2,1H3,(H,22,23)/t14-/m1/s1. The number of benzene rings is 1. The Hall–Kier alpha value is -2.43.